The molecule has 1 aliphatic rings. The van der Waals surface area contributed by atoms with Crippen molar-refractivity contribution in [3.63, 3.8) is 0 Å². The van der Waals surface area contributed by atoms with E-state index in [1.54, 1.807) is 10.9 Å². The SMILES string of the molecule is CCn1cc(NC(=O)[C@H]2CCN[C@@H](C)C2)cn1.Cl. The molecule has 18 heavy (non-hydrogen) atoms. The zero-order valence-electron chi connectivity index (χ0n) is 10.8. The van der Waals surface area contributed by atoms with E-state index >= 15 is 0 Å². The van der Waals surface area contributed by atoms with Crippen molar-refractivity contribution in [3.8, 4) is 0 Å². The molecule has 0 saturated carbocycles. The molecule has 1 aromatic rings. The van der Waals surface area contributed by atoms with Gasteiger partial charge in [-0.15, -0.1) is 12.4 Å². The van der Waals surface area contributed by atoms with Crippen molar-refractivity contribution < 1.29 is 4.79 Å². The van der Waals surface area contributed by atoms with E-state index in [-0.39, 0.29) is 24.2 Å². The molecule has 2 heterocycles. The van der Waals surface area contributed by atoms with E-state index in [1.807, 2.05) is 13.1 Å². The molecule has 1 saturated heterocycles. The van der Waals surface area contributed by atoms with Crippen molar-refractivity contribution in [2.75, 3.05) is 11.9 Å². The van der Waals surface area contributed by atoms with Gasteiger partial charge in [0.15, 0.2) is 0 Å². The Bertz CT molecular complexity index is 393. The summed E-state index contributed by atoms with van der Waals surface area (Å²) < 4.78 is 1.81. The van der Waals surface area contributed by atoms with E-state index in [0.717, 1.165) is 31.6 Å². The number of halogens is 1. The third kappa shape index (κ3) is 3.71. The normalized spacial score (nSPS) is 23.2. The van der Waals surface area contributed by atoms with Gasteiger partial charge in [-0.05, 0) is 33.2 Å². The number of nitrogens with zero attached hydrogens (tertiary/aromatic N) is 2. The Morgan fingerprint density at radius 2 is 2.44 bits per heavy atom. The van der Waals surface area contributed by atoms with Crippen LogP contribution in [0, 0.1) is 5.92 Å². The van der Waals surface area contributed by atoms with Crippen LogP contribution in [0.1, 0.15) is 26.7 Å². The summed E-state index contributed by atoms with van der Waals surface area (Å²) in [6, 6.07) is 0.429. The predicted octanol–water partition coefficient (Wildman–Crippen LogP) is 1.65. The molecule has 2 atom stereocenters. The molecule has 1 aromatic heterocycles. The number of carbonyl (C=O) groups excluding carboxylic acids is 1. The summed E-state index contributed by atoms with van der Waals surface area (Å²) in [5.41, 5.74) is 0.794. The average molecular weight is 273 g/mol. The molecule has 0 spiro atoms. The minimum atomic E-state index is 0. The Kier molecular flexibility index (Phi) is 5.62. The fraction of sp³-hybridized carbons (Fsp3) is 0.667. The number of aryl methyl sites for hydroxylation is 1. The molecule has 1 fully saturated rings. The number of aromatic nitrogens is 2. The number of hydrogen-bond donors (Lipinski definition) is 2. The van der Waals surface area contributed by atoms with Crippen LogP contribution in [0.3, 0.4) is 0 Å². The first-order valence-corrected chi connectivity index (χ1v) is 6.25. The molecule has 102 valence electrons. The van der Waals surface area contributed by atoms with Crippen molar-refractivity contribution in [1.29, 1.82) is 0 Å². The second-order valence-corrected chi connectivity index (χ2v) is 4.65. The monoisotopic (exact) mass is 272 g/mol. The third-order valence-corrected chi connectivity index (χ3v) is 3.22. The predicted molar refractivity (Wildman–Crippen MR) is 74.0 cm³/mol. The zero-order valence-corrected chi connectivity index (χ0v) is 11.7. The summed E-state index contributed by atoms with van der Waals surface area (Å²) in [7, 11) is 0. The fourth-order valence-corrected chi connectivity index (χ4v) is 2.22. The van der Waals surface area contributed by atoms with Gasteiger partial charge in [-0.25, -0.2) is 0 Å². The molecule has 0 aliphatic carbocycles. The third-order valence-electron chi connectivity index (χ3n) is 3.22. The molecule has 0 aromatic carbocycles. The first-order valence-electron chi connectivity index (χ1n) is 6.25. The van der Waals surface area contributed by atoms with Crippen LogP contribution < -0.4 is 10.6 Å². The maximum absolute atomic E-state index is 12.0. The fourth-order valence-electron chi connectivity index (χ4n) is 2.22. The highest BCUT2D eigenvalue weighted by Gasteiger charge is 2.24. The topological polar surface area (TPSA) is 59.0 Å². The molecule has 1 amide bonds. The second-order valence-electron chi connectivity index (χ2n) is 4.65. The molecule has 6 heteroatoms. The lowest BCUT2D eigenvalue weighted by atomic mass is 9.92. The Balaban J connectivity index is 0.00000162. The molecule has 0 radical (unpaired) electrons. The van der Waals surface area contributed by atoms with Gasteiger partial charge in [-0.3, -0.25) is 9.48 Å². The van der Waals surface area contributed by atoms with Gasteiger partial charge < -0.3 is 10.6 Å². The minimum absolute atomic E-state index is 0. The largest absolute Gasteiger partial charge is 0.323 e. The highest BCUT2D eigenvalue weighted by Crippen LogP contribution is 2.18. The number of piperidine rings is 1. The van der Waals surface area contributed by atoms with Crippen LogP contribution in [0.2, 0.25) is 0 Å². The standard InChI is InChI=1S/C12H20N4O.ClH/c1-3-16-8-11(7-14-16)15-12(17)10-4-5-13-9(2)6-10;/h7-10,13H,3-6H2,1-2H3,(H,15,17);1H/t9-,10-;/m0./s1. The van der Waals surface area contributed by atoms with E-state index in [0.29, 0.717) is 6.04 Å². The van der Waals surface area contributed by atoms with Crippen molar-refractivity contribution in [2.45, 2.75) is 39.3 Å². The van der Waals surface area contributed by atoms with Crippen molar-refractivity contribution in [2.24, 2.45) is 5.92 Å². The van der Waals surface area contributed by atoms with Gasteiger partial charge in [-0.2, -0.15) is 5.10 Å². The van der Waals surface area contributed by atoms with Crippen LogP contribution in [-0.4, -0.2) is 28.3 Å². The summed E-state index contributed by atoms with van der Waals surface area (Å²) in [6.07, 6.45) is 5.39. The van der Waals surface area contributed by atoms with Gasteiger partial charge >= 0.3 is 0 Å². The number of carbonyl (C=O) groups is 1. The van der Waals surface area contributed by atoms with Gasteiger partial charge in [0, 0.05) is 24.7 Å². The highest BCUT2D eigenvalue weighted by atomic mass is 35.5. The van der Waals surface area contributed by atoms with Gasteiger partial charge in [0.2, 0.25) is 5.91 Å². The first kappa shape index (κ1) is 15.0. The van der Waals surface area contributed by atoms with Crippen molar-refractivity contribution in [3.05, 3.63) is 12.4 Å². The Labute approximate surface area is 114 Å². The Hall–Kier alpha value is -1.07. The molecular weight excluding hydrogens is 252 g/mol. The summed E-state index contributed by atoms with van der Waals surface area (Å²) in [4.78, 5) is 12.0. The van der Waals surface area contributed by atoms with Crippen LogP contribution in [0.5, 0.6) is 0 Å². The van der Waals surface area contributed by atoms with Crippen LogP contribution >= 0.6 is 12.4 Å². The number of amides is 1. The summed E-state index contributed by atoms with van der Waals surface area (Å²) in [5.74, 6) is 0.241. The van der Waals surface area contributed by atoms with Crippen LogP contribution in [0.4, 0.5) is 5.69 Å². The summed E-state index contributed by atoms with van der Waals surface area (Å²) in [6.45, 7) is 5.88. The Morgan fingerprint density at radius 3 is 3.06 bits per heavy atom. The second kappa shape index (κ2) is 6.75. The lowest BCUT2D eigenvalue weighted by Crippen LogP contribution is -2.40. The summed E-state index contributed by atoms with van der Waals surface area (Å²) >= 11 is 0. The molecule has 0 unspecified atom stereocenters. The van der Waals surface area contributed by atoms with Crippen LogP contribution in [0.15, 0.2) is 12.4 Å². The van der Waals surface area contributed by atoms with Crippen LogP contribution in [0.25, 0.3) is 0 Å². The molecule has 0 bridgehead atoms. The number of hydrogen-bond acceptors (Lipinski definition) is 3. The number of nitrogens with one attached hydrogen (secondary N) is 2. The van der Waals surface area contributed by atoms with Gasteiger partial charge in [0.25, 0.3) is 0 Å². The molecule has 2 rings (SSSR count). The van der Waals surface area contributed by atoms with E-state index in [9.17, 15) is 4.79 Å². The van der Waals surface area contributed by atoms with Crippen molar-refractivity contribution >= 4 is 24.0 Å². The molecule has 2 N–H and O–H groups in total. The average Bonchev–Trinajstić information content (AvgIpc) is 2.77. The number of anilines is 1. The maximum Gasteiger partial charge on any atom is 0.227 e. The molecule has 5 nitrogen and oxygen atoms in total. The minimum Gasteiger partial charge on any atom is -0.323 e. The smallest absolute Gasteiger partial charge is 0.227 e. The van der Waals surface area contributed by atoms with Crippen LogP contribution in [-0.2, 0) is 11.3 Å². The first-order chi connectivity index (χ1) is 8.19. The lowest BCUT2D eigenvalue weighted by Gasteiger charge is -2.26. The molecule has 1 aliphatic heterocycles. The van der Waals surface area contributed by atoms with E-state index in [2.05, 4.69) is 22.7 Å². The maximum atomic E-state index is 12.0. The van der Waals surface area contributed by atoms with E-state index < -0.39 is 0 Å². The van der Waals surface area contributed by atoms with Gasteiger partial charge in [-0.1, -0.05) is 0 Å². The van der Waals surface area contributed by atoms with Gasteiger partial charge in [0.1, 0.15) is 0 Å². The highest BCUT2D eigenvalue weighted by molar-refractivity contribution is 5.92. The lowest BCUT2D eigenvalue weighted by molar-refractivity contribution is -0.120. The van der Waals surface area contributed by atoms with Gasteiger partial charge in [0.05, 0.1) is 11.9 Å². The number of rotatable bonds is 3. The zero-order chi connectivity index (χ0) is 12.3. The molecular formula is C12H21ClN4O. The summed E-state index contributed by atoms with van der Waals surface area (Å²) in [5, 5.41) is 10.4. The van der Waals surface area contributed by atoms with E-state index in [4.69, 9.17) is 0 Å². The van der Waals surface area contributed by atoms with Crippen molar-refractivity contribution in [1.82, 2.24) is 15.1 Å². The quantitative estimate of drug-likeness (QED) is 0.880. The van der Waals surface area contributed by atoms with E-state index in [1.165, 1.54) is 0 Å². The Morgan fingerprint density at radius 1 is 1.67 bits per heavy atom.